The first-order valence-corrected chi connectivity index (χ1v) is 9.49. The van der Waals surface area contributed by atoms with Crippen LogP contribution in [-0.4, -0.2) is 27.8 Å². The molecule has 0 atom stereocenters. The second kappa shape index (κ2) is 7.52. The van der Waals surface area contributed by atoms with Gasteiger partial charge in [0.15, 0.2) is 5.76 Å². The second-order valence-electron chi connectivity index (χ2n) is 5.49. The first-order valence-electron chi connectivity index (χ1n) is 7.63. The molecule has 8 nitrogen and oxygen atoms in total. The zero-order chi connectivity index (χ0) is 21.4. The minimum Gasteiger partial charge on any atom is -0.495 e. The van der Waals surface area contributed by atoms with E-state index in [1.807, 2.05) is 0 Å². The van der Waals surface area contributed by atoms with Crippen molar-refractivity contribution in [3.63, 3.8) is 0 Å². The monoisotopic (exact) mass is 452 g/mol. The average Bonchev–Trinajstić information content (AvgIpc) is 3.31. The van der Waals surface area contributed by atoms with Crippen molar-refractivity contribution in [1.82, 2.24) is 5.16 Å². The number of hydrogen-bond donors (Lipinski definition) is 1. The molecule has 29 heavy (non-hydrogen) atoms. The van der Waals surface area contributed by atoms with E-state index in [1.54, 1.807) is 0 Å². The Morgan fingerprint density at radius 3 is 2.38 bits per heavy atom. The summed E-state index contributed by atoms with van der Waals surface area (Å²) in [5, 5.41) is 2.78. The molecule has 2 aromatic heterocycles. The molecule has 3 rings (SSSR count). The van der Waals surface area contributed by atoms with Gasteiger partial charge in [-0.1, -0.05) is 16.8 Å². The van der Waals surface area contributed by atoms with E-state index >= 15 is 0 Å². The Kier molecular flexibility index (Phi) is 5.41. The smallest absolute Gasteiger partial charge is 0.452 e. The summed E-state index contributed by atoms with van der Waals surface area (Å²) in [7, 11) is -1.58. The molecule has 0 aliphatic heterocycles. The van der Waals surface area contributed by atoms with Gasteiger partial charge < -0.3 is 18.4 Å². The van der Waals surface area contributed by atoms with Crippen molar-refractivity contribution in [2.45, 2.75) is 11.3 Å². The van der Waals surface area contributed by atoms with Crippen molar-refractivity contribution in [2.75, 3.05) is 18.9 Å². The molecule has 1 aromatic carbocycles. The Morgan fingerprint density at radius 2 is 1.79 bits per heavy atom. The summed E-state index contributed by atoms with van der Waals surface area (Å²) < 4.78 is 84.7. The molecule has 0 radical (unpaired) electrons. The summed E-state index contributed by atoms with van der Waals surface area (Å²) in [4.78, 5) is 0. The van der Waals surface area contributed by atoms with E-state index in [1.165, 1.54) is 26.4 Å². The molecule has 0 unspecified atom stereocenters. The average molecular weight is 453 g/mol. The molecule has 156 valence electrons. The largest absolute Gasteiger partial charge is 0.495 e. The molecule has 0 saturated heterocycles. The van der Waals surface area contributed by atoms with Gasteiger partial charge in [-0.25, -0.2) is 0 Å². The van der Waals surface area contributed by atoms with Gasteiger partial charge in [-0.3, -0.25) is 4.72 Å². The Morgan fingerprint density at radius 1 is 1.10 bits per heavy atom. The van der Waals surface area contributed by atoms with Crippen LogP contribution >= 0.6 is 11.6 Å². The summed E-state index contributed by atoms with van der Waals surface area (Å²) in [6.07, 6.45) is -4.74. The van der Waals surface area contributed by atoms with E-state index in [9.17, 15) is 21.6 Å². The lowest BCUT2D eigenvalue weighted by Crippen LogP contribution is -2.13. The molecule has 13 heteroatoms. The summed E-state index contributed by atoms with van der Waals surface area (Å²) >= 11 is 6.01. The number of halogens is 4. The zero-order valence-corrected chi connectivity index (χ0v) is 16.3. The van der Waals surface area contributed by atoms with Gasteiger partial charge >= 0.3 is 6.18 Å². The highest BCUT2D eigenvalue weighted by molar-refractivity contribution is 7.92. The van der Waals surface area contributed by atoms with E-state index in [0.717, 1.165) is 12.1 Å². The van der Waals surface area contributed by atoms with Gasteiger partial charge in [0.2, 0.25) is 10.9 Å². The Hall–Kier alpha value is -2.86. The number of benzene rings is 1. The Labute approximate surface area is 167 Å². The van der Waals surface area contributed by atoms with Gasteiger partial charge in [0.1, 0.15) is 17.2 Å². The van der Waals surface area contributed by atoms with Crippen LogP contribution in [-0.2, 0) is 16.2 Å². The molecular weight excluding hydrogens is 441 g/mol. The van der Waals surface area contributed by atoms with Crippen LogP contribution in [0.4, 0.5) is 18.9 Å². The van der Waals surface area contributed by atoms with Crippen LogP contribution in [0.15, 0.2) is 44.4 Å². The molecule has 0 aliphatic rings. The number of aromatic nitrogens is 1. The third kappa shape index (κ3) is 4.27. The number of rotatable bonds is 6. The molecule has 1 N–H and O–H groups in total. The van der Waals surface area contributed by atoms with E-state index in [-0.39, 0.29) is 33.7 Å². The maximum absolute atomic E-state index is 12.6. The van der Waals surface area contributed by atoms with Crippen molar-refractivity contribution in [1.29, 1.82) is 0 Å². The van der Waals surface area contributed by atoms with E-state index in [2.05, 4.69) is 14.4 Å². The van der Waals surface area contributed by atoms with Gasteiger partial charge in [-0.2, -0.15) is 21.6 Å². The molecule has 2 heterocycles. The van der Waals surface area contributed by atoms with Gasteiger partial charge in [-0.15, -0.1) is 0 Å². The highest BCUT2D eigenvalue weighted by Crippen LogP contribution is 2.37. The third-order valence-corrected chi connectivity index (χ3v) is 5.14. The lowest BCUT2D eigenvalue weighted by atomic mass is 10.3. The second-order valence-corrected chi connectivity index (χ2v) is 7.51. The fourth-order valence-electron chi connectivity index (χ4n) is 2.26. The molecule has 0 bridgehead atoms. The first kappa shape index (κ1) is 20.9. The van der Waals surface area contributed by atoms with Crippen LogP contribution in [0.5, 0.6) is 11.5 Å². The number of furan rings is 1. The fourth-order valence-corrected chi connectivity index (χ4v) is 3.50. The minimum absolute atomic E-state index is 0.00274. The van der Waals surface area contributed by atoms with E-state index in [0.29, 0.717) is 6.07 Å². The normalized spacial score (nSPS) is 12.1. The number of anilines is 1. The molecule has 0 spiro atoms. The highest BCUT2D eigenvalue weighted by Gasteiger charge is 2.36. The van der Waals surface area contributed by atoms with Gasteiger partial charge in [-0.05, 0) is 18.2 Å². The minimum atomic E-state index is -4.74. The van der Waals surface area contributed by atoms with Gasteiger partial charge in [0.25, 0.3) is 10.0 Å². The fraction of sp³-hybridized carbons (Fsp3) is 0.188. The Bertz CT molecular complexity index is 1140. The van der Waals surface area contributed by atoms with Gasteiger partial charge in [0, 0.05) is 12.1 Å². The van der Waals surface area contributed by atoms with Crippen molar-refractivity contribution in [3.05, 3.63) is 41.1 Å². The quantitative estimate of drug-likeness (QED) is 0.590. The standard InChI is InChI=1S/C16H12ClF3N2O6S/c1-25-12-7-13(26-2)10(5-8(12)17)22-29(23,24)15-4-3-11(27-15)9-6-14(28-21-9)16(18,19)20/h3-7,22H,1-2H3. The maximum Gasteiger partial charge on any atom is 0.452 e. The predicted molar refractivity (Wildman–Crippen MR) is 94.6 cm³/mol. The number of ether oxygens (including phenoxy) is 2. The van der Waals surface area contributed by atoms with E-state index in [4.69, 9.17) is 25.5 Å². The summed E-state index contributed by atoms with van der Waals surface area (Å²) in [6, 6.07) is 5.44. The number of alkyl halides is 3. The molecule has 0 saturated carbocycles. The van der Waals surface area contributed by atoms with Crippen LogP contribution in [0.1, 0.15) is 5.76 Å². The number of hydrogen-bond acceptors (Lipinski definition) is 7. The lowest BCUT2D eigenvalue weighted by Gasteiger charge is -2.13. The molecule has 3 aromatic rings. The molecular formula is C16H12ClF3N2O6S. The van der Waals surface area contributed by atoms with Crippen molar-refractivity contribution in [3.8, 4) is 23.0 Å². The molecule has 0 fully saturated rings. The number of nitrogens with one attached hydrogen (secondary N) is 1. The van der Waals surface area contributed by atoms with Crippen molar-refractivity contribution >= 4 is 27.3 Å². The van der Waals surface area contributed by atoms with Crippen molar-refractivity contribution in [2.24, 2.45) is 0 Å². The maximum atomic E-state index is 12.6. The number of sulfonamides is 1. The first-order chi connectivity index (χ1) is 13.5. The van der Waals surface area contributed by atoms with Crippen LogP contribution < -0.4 is 14.2 Å². The van der Waals surface area contributed by atoms with Crippen LogP contribution in [0.25, 0.3) is 11.5 Å². The van der Waals surface area contributed by atoms with E-state index < -0.39 is 27.1 Å². The SMILES string of the molecule is COc1cc(OC)c(NS(=O)(=O)c2ccc(-c3cc(C(F)(F)F)on3)o2)cc1Cl. The van der Waals surface area contributed by atoms with Crippen LogP contribution in [0.3, 0.4) is 0 Å². The van der Waals surface area contributed by atoms with Crippen LogP contribution in [0.2, 0.25) is 5.02 Å². The topological polar surface area (TPSA) is 104 Å². The summed E-state index contributed by atoms with van der Waals surface area (Å²) in [5.74, 6) is -1.19. The van der Waals surface area contributed by atoms with Crippen LogP contribution in [0, 0.1) is 0 Å². The van der Waals surface area contributed by atoms with Crippen molar-refractivity contribution < 1.29 is 40.0 Å². The van der Waals surface area contributed by atoms with Gasteiger partial charge in [0.05, 0.1) is 24.9 Å². The molecule has 0 amide bonds. The highest BCUT2D eigenvalue weighted by atomic mass is 35.5. The number of nitrogens with zero attached hydrogens (tertiary/aromatic N) is 1. The third-order valence-electron chi connectivity index (χ3n) is 3.61. The zero-order valence-electron chi connectivity index (χ0n) is 14.7. The number of methoxy groups -OCH3 is 2. The summed E-state index contributed by atoms with van der Waals surface area (Å²) in [5.41, 5.74) is -0.319. The summed E-state index contributed by atoms with van der Waals surface area (Å²) in [6.45, 7) is 0. The Balaban J connectivity index is 1.90. The molecule has 0 aliphatic carbocycles. The predicted octanol–water partition coefficient (Wildman–Crippen LogP) is 4.42. The lowest BCUT2D eigenvalue weighted by molar-refractivity contribution is -0.155.